The van der Waals surface area contributed by atoms with Crippen LogP contribution in [0, 0.1) is 5.92 Å². The molecule has 168 valence electrons. The lowest BCUT2D eigenvalue weighted by molar-refractivity contribution is -0.130. The van der Waals surface area contributed by atoms with E-state index < -0.39 is 0 Å². The van der Waals surface area contributed by atoms with Crippen molar-refractivity contribution in [2.24, 2.45) is 5.92 Å². The Kier molecular flexibility index (Phi) is 5.45. The van der Waals surface area contributed by atoms with Crippen LogP contribution in [0.25, 0.3) is 10.2 Å². The maximum absolute atomic E-state index is 13.1. The molecule has 1 saturated heterocycles. The van der Waals surface area contributed by atoms with Gasteiger partial charge in [-0.2, -0.15) is 0 Å². The van der Waals surface area contributed by atoms with Gasteiger partial charge in [0.1, 0.15) is 16.5 Å². The molecule has 0 bridgehead atoms. The number of hydrogen-bond donors (Lipinski definition) is 0. The average molecular weight is 443 g/mol. The molecule has 0 radical (unpaired) electrons. The Balaban J connectivity index is 1.42. The van der Waals surface area contributed by atoms with Gasteiger partial charge in [-0.15, -0.1) is 11.3 Å². The van der Waals surface area contributed by atoms with Crippen LogP contribution in [0.3, 0.4) is 0 Å². The van der Waals surface area contributed by atoms with Crippen LogP contribution in [0.1, 0.15) is 62.2 Å². The molecule has 1 unspecified atom stereocenters. The van der Waals surface area contributed by atoms with E-state index >= 15 is 0 Å². The number of rotatable bonds is 6. The number of aryl methyl sites for hydroxylation is 2. The maximum atomic E-state index is 13.1. The average Bonchev–Trinajstić information content (AvgIpc) is 3.35. The Morgan fingerprint density at radius 3 is 2.74 bits per heavy atom. The minimum Gasteiger partial charge on any atom is -0.378 e. The van der Waals surface area contributed by atoms with Crippen LogP contribution in [0.4, 0.5) is 5.82 Å². The standard InChI is InChI=1S/C24H34N4O2S/c1-24(2,30-4)15-11-12-28(14-15)20(29)13-19-25-22(27(3)16-9-10-16)21-17-7-5-6-8-18(17)31-23(21)26-19/h15-16H,5-14H2,1-4H3. The largest absolute Gasteiger partial charge is 0.378 e. The van der Waals surface area contributed by atoms with E-state index in [-0.39, 0.29) is 17.9 Å². The van der Waals surface area contributed by atoms with Gasteiger partial charge in [0.25, 0.3) is 0 Å². The number of fused-ring (bicyclic) bond motifs is 3. The van der Waals surface area contributed by atoms with Gasteiger partial charge in [-0.25, -0.2) is 9.97 Å². The van der Waals surface area contributed by atoms with E-state index in [1.165, 1.54) is 41.5 Å². The van der Waals surface area contributed by atoms with E-state index in [0.29, 0.717) is 17.8 Å². The zero-order chi connectivity index (χ0) is 21.8. The fourth-order valence-electron chi connectivity index (χ4n) is 5.12. The summed E-state index contributed by atoms with van der Waals surface area (Å²) in [7, 11) is 3.92. The van der Waals surface area contributed by atoms with Crippen LogP contribution in [-0.2, 0) is 28.8 Å². The van der Waals surface area contributed by atoms with E-state index in [0.717, 1.165) is 43.0 Å². The number of aromatic nitrogens is 2. The summed E-state index contributed by atoms with van der Waals surface area (Å²) in [6.45, 7) is 5.77. The third-order valence-electron chi connectivity index (χ3n) is 7.63. The SMILES string of the molecule is COC(C)(C)C1CCN(C(=O)Cc2nc(N(C)C3CC3)c3c4c(sc3n2)CCCC4)C1. The molecule has 1 saturated carbocycles. The second kappa shape index (κ2) is 8.00. The molecule has 0 N–H and O–H groups in total. The van der Waals surface area contributed by atoms with Crippen LogP contribution in [-0.4, -0.2) is 59.7 Å². The molecule has 0 aromatic carbocycles. The second-order valence-corrected chi connectivity index (χ2v) is 11.1. The van der Waals surface area contributed by atoms with Crippen LogP contribution in [0.5, 0.6) is 0 Å². The van der Waals surface area contributed by atoms with Gasteiger partial charge in [-0.1, -0.05) is 0 Å². The molecular formula is C24H34N4O2S. The highest BCUT2D eigenvalue weighted by Gasteiger charge is 2.37. The zero-order valence-corrected chi connectivity index (χ0v) is 20.1. The predicted octanol–water partition coefficient (Wildman–Crippen LogP) is 3.98. The lowest BCUT2D eigenvalue weighted by Gasteiger charge is -2.30. The van der Waals surface area contributed by atoms with Crippen LogP contribution >= 0.6 is 11.3 Å². The van der Waals surface area contributed by atoms with E-state index in [1.54, 1.807) is 7.11 Å². The molecule has 2 fully saturated rings. The minimum atomic E-state index is -0.208. The first-order chi connectivity index (χ1) is 14.9. The van der Waals surface area contributed by atoms with Gasteiger partial charge in [0.05, 0.1) is 17.4 Å². The van der Waals surface area contributed by atoms with Crippen molar-refractivity contribution in [3.8, 4) is 0 Å². The van der Waals surface area contributed by atoms with Gasteiger partial charge in [0.15, 0.2) is 0 Å². The number of methoxy groups -OCH3 is 1. The molecule has 1 aliphatic heterocycles. The van der Waals surface area contributed by atoms with E-state index in [2.05, 4.69) is 25.8 Å². The smallest absolute Gasteiger partial charge is 0.230 e. The topological polar surface area (TPSA) is 58.6 Å². The van der Waals surface area contributed by atoms with Crippen molar-refractivity contribution in [1.82, 2.24) is 14.9 Å². The van der Waals surface area contributed by atoms with Gasteiger partial charge in [-0.3, -0.25) is 4.79 Å². The molecule has 1 amide bonds. The van der Waals surface area contributed by atoms with Crippen molar-refractivity contribution >= 4 is 33.3 Å². The van der Waals surface area contributed by atoms with Gasteiger partial charge in [0, 0.05) is 44.1 Å². The number of carbonyl (C=O) groups is 1. The molecular weight excluding hydrogens is 408 g/mol. The van der Waals surface area contributed by atoms with E-state index in [4.69, 9.17) is 14.7 Å². The molecule has 3 aliphatic rings. The zero-order valence-electron chi connectivity index (χ0n) is 19.2. The number of anilines is 1. The van der Waals surface area contributed by atoms with Crippen LogP contribution in [0.2, 0.25) is 0 Å². The summed E-state index contributed by atoms with van der Waals surface area (Å²) in [5.74, 6) is 2.23. The van der Waals surface area contributed by atoms with E-state index in [9.17, 15) is 4.79 Å². The van der Waals surface area contributed by atoms with Gasteiger partial charge < -0.3 is 14.5 Å². The normalized spacial score (nSPS) is 21.5. The number of thiophene rings is 1. The predicted molar refractivity (Wildman–Crippen MR) is 125 cm³/mol. The Labute approximate surface area is 189 Å². The van der Waals surface area contributed by atoms with Crippen molar-refractivity contribution in [3.63, 3.8) is 0 Å². The molecule has 0 spiro atoms. The summed E-state index contributed by atoms with van der Waals surface area (Å²) in [4.78, 5) is 29.9. The molecule has 2 aromatic heterocycles. The van der Waals surface area contributed by atoms with Crippen LogP contribution in [0.15, 0.2) is 0 Å². The fourth-order valence-corrected chi connectivity index (χ4v) is 6.39. The third kappa shape index (κ3) is 3.95. The number of carbonyl (C=O) groups excluding carboxylic acids is 1. The first-order valence-corrected chi connectivity index (χ1v) is 12.6. The van der Waals surface area contributed by atoms with E-state index in [1.807, 2.05) is 16.2 Å². The summed E-state index contributed by atoms with van der Waals surface area (Å²) >= 11 is 1.82. The first-order valence-electron chi connectivity index (χ1n) is 11.7. The third-order valence-corrected chi connectivity index (χ3v) is 8.82. The highest BCUT2D eigenvalue weighted by Crippen LogP contribution is 2.42. The highest BCUT2D eigenvalue weighted by molar-refractivity contribution is 7.19. The Hall–Kier alpha value is -1.73. The minimum absolute atomic E-state index is 0.134. The summed E-state index contributed by atoms with van der Waals surface area (Å²) in [5.41, 5.74) is 1.26. The van der Waals surface area contributed by atoms with Crippen LogP contribution < -0.4 is 4.90 Å². The van der Waals surface area contributed by atoms with Crippen molar-refractivity contribution in [1.29, 1.82) is 0 Å². The first kappa shape index (κ1) is 21.1. The molecule has 5 rings (SSSR count). The monoisotopic (exact) mass is 442 g/mol. The summed E-state index contributed by atoms with van der Waals surface area (Å²) < 4.78 is 5.66. The van der Waals surface area contributed by atoms with Gasteiger partial charge >= 0.3 is 0 Å². The van der Waals surface area contributed by atoms with Crippen molar-refractivity contribution in [3.05, 3.63) is 16.3 Å². The molecule has 2 aromatic rings. The quantitative estimate of drug-likeness (QED) is 0.677. The van der Waals surface area contributed by atoms with Gasteiger partial charge in [-0.05, 0) is 64.4 Å². The summed E-state index contributed by atoms with van der Waals surface area (Å²) in [6, 6.07) is 0.580. The number of hydrogen-bond acceptors (Lipinski definition) is 6. The second-order valence-electron chi connectivity index (χ2n) is 10.0. The Morgan fingerprint density at radius 2 is 2.00 bits per heavy atom. The number of ether oxygens (including phenoxy) is 1. The van der Waals surface area contributed by atoms with Gasteiger partial charge in [0.2, 0.25) is 5.91 Å². The number of amides is 1. The number of nitrogens with zero attached hydrogens (tertiary/aromatic N) is 4. The molecule has 31 heavy (non-hydrogen) atoms. The molecule has 7 heteroatoms. The Morgan fingerprint density at radius 1 is 1.23 bits per heavy atom. The Bertz CT molecular complexity index is 997. The highest BCUT2D eigenvalue weighted by atomic mass is 32.1. The molecule has 3 heterocycles. The lowest BCUT2D eigenvalue weighted by atomic mass is 9.90. The molecule has 1 atom stereocenters. The fraction of sp³-hybridized carbons (Fsp3) is 0.708. The lowest BCUT2D eigenvalue weighted by Crippen LogP contribution is -2.37. The van der Waals surface area contributed by atoms with Crippen molar-refractivity contribution < 1.29 is 9.53 Å². The summed E-state index contributed by atoms with van der Waals surface area (Å²) in [6.07, 6.45) is 8.53. The maximum Gasteiger partial charge on any atom is 0.230 e. The molecule has 6 nitrogen and oxygen atoms in total. The summed E-state index contributed by atoms with van der Waals surface area (Å²) in [5, 5.41) is 1.26. The van der Waals surface area contributed by atoms with Crippen molar-refractivity contribution in [2.45, 2.75) is 76.9 Å². The molecule has 2 aliphatic carbocycles. The van der Waals surface area contributed by atoms with Crippen molar-refractivity contribution in [2.75, 3.05) is 32.1 Å². The number of likely N-dealkylation sites (tertiary alicyclic amines) is 1.